The zero-order valence-corrected chi connectivity index (χ0v) is 22.2. The maximum absolute atomic E-state index is 13.2. The summed E-state index contributed by atoms with van der Waals surface area (Å²) in [5.41, 5.74) is 0.00403. The van der Waals surface area contributed by atoms with Gasteiger partial charge in [0, 0.05) is 24.7 Å². The molecule has 37 heavy (non-hydrogen) atoms. The summed E-state index contributed by atoms with van der Waals surface area (Å²) in [4.78, 5) is 27.6. The quantitative estimate of drug-likeness (QED) is 0.598. The third-order valence-corrected chi connectivity index (χ3v) is 7.30. The largest absolute Gasteiger partial charge is 0.444 e. The monoisotopic (exact) mass is 512 g/mol. The van der Waals surface area contributed by atoms with Gasteiger partial charge < -0.3 is 24.8 Å². The Morgan fingerprint density at radius 1 is 1.05 bits per heavy atom. The van der Waals surface area contributed by atoms with Crippen LogP contribution in [0, 0.1) is 11.7 Å². The van der Waals surface area contributed by atoms with E-state index in [4.69, 9.17) is 9.47 Å². The summed E-state index contributed by atoms with van der Waals surface area (Å²) < 4.78 is 24.2. The van der Waals surface area contributed by atoms with Gasteiger partial charge in [-0.2, -0.15) is 0 Å². The Labute approximate surface area is 218 Å². The summed E-state index contributed by atoms with van der Waals surface area (Å²) in [7, 11) is 0. The fourth-order valence-corrected chi connectivity index (χ4v) is 5.13. The Bertz CT molecular complexity index is 1110. The van der Waals surface area contributed by atoms with Crippen LogP contribution in [0.4, 0.5) is 14.9 Å². The van der Waals surface area contributed by atoms with Crippen molar-refractivity contribution in [2.45, 2.75) is 63.6 Å². The maximum atomic E-state index is 13.2. The number of amides is 2. The minimum atomic E-state index is -1.01. The molecule has 0 saturated carbocycles. The molecule has 7 nitrogen and oxygen atoms in total. The maximum Gasteiger partial charge on any atom is 0.410 e. The molecule has 0 radical (unpaired) electrons. The standard InChI is InChI=1S/C29H37FN2O5/c1-27(2,3)37-26(34)32-15-14-23(24(16-32)28(4,5)35)19-6-8-20(9-7-19)29(17-36-18-29)25(33)31-22-12-10-21(30)11-13-22/h6-13,23-24,35H,14-18H2,1-5H3,(H,31,33). The molecule has 2 amide bonds. The van der Waals surface area contributed by atoms with E-state index in [1.165, 1.54) is 24.3 Å². The van der Waals surface area contributed by atoms with E-state index in [1.54, 1.807) is 18.7 Å². The van der Waals surface area contributed by atoms with Gasteiger partial charge in [-0.3, -0.25) is 4.79 Å². The minimum absolute atomic E-state index is 0.0365. The predicted molar refractivity (Wildman–Crippen MR) is 139 cm³/mol. The van der Waals surface area contributed by atoms with Gasteiger partial charge in [0.1, 0.15) is 16.8 Å². The zero-order valence-electron chi connectivity index (χ0n) is 22.2. The second kappa shape index (κ2) is 10.1. The Hall–Kier alpha value is -2.97. The third kappa shape index (κ3) is 5.96. The molecule has 0 bridgehead atoms. The van der Waals surface area contributed by atoms with E-state index < -0.39 is 16.6 Å². The van der Waals surface area contributed by atoms with E-state index in [-0.39, 0.29) is 42.9 Å². The highest BCUT2D eigenvalue weighted by atomic mass is 19.1. The predicted octanol–water partition coefficient (Wildman–Crippen LogP) is 4.84. The van der Waals surface area contributed by atoms with Crippen LogP contribution in [0.15, 0.2) is 48.5 Å². The molecule has 4 rings (SSSR count). The summed E-state index contributed by atoms with van der Waals surface area (Å²) in [6.45, 7) is 10.5. The normalized spacial score (nSPS) is 21.6. The molecule has 200 valence electrons. The molecular weight excluding hydrogens is 475 g/mol. The van der Waals surface area contributed by atoms with E-state index in [9.17, 15) is 19.1 Å². The summed E-state index contributed by atoms with van der Waals surface area (Å²) in [5, 5.41) is 13.9. The van der Waals surface area contributed by atoms with Crippen molar-refractivity contribution in [2.24, 2.45) is 5.92 Å². The number of likely N-dealkylation sites (tertiary alicyclic amines) is 1. The third-order valence-electron chi connectivity index (χ3n) is 7.30. The molecule has 0 aliphatic carbocycles. The summed E-state index contributed by atoms with van der Waals surface area (Å²) in [6.07, 6.45) is 0.321. The highest BCUT2D eigenvalue weighted by Crippen LogP contribution is 2.41. The first-order valence-electron chi connectivity index (χ1n) is 12.7. The van der Waals surface area contributed by atoms with Crippen molar-refractivity contribution < 1.29 is 28.6 Å². The lowest BCUT2D eigenvalue weighted by molar-refractivity contribution is -0.139. The smallest absolute Gasteiger partial charge is 0.410 e. The first-order valence-corrected chi connectivity index (χ1v) is 12.7. The average molecular weight is 513 g/mol. The molecule has 2 heterocycles. The Morgan fingerprint density at radius 2 is 1.68 bits per heavy atom. The molecule has 2 atom stereocenters. The van der Waals surface area contributed by atoms with Crippen molar-refractivity contribution in [3.8, 4) is 0 Å². The highest BCUT2D eigenvalue weighted by Gasteiger charge is 2.48. The fraction of sp³-hybridized carbons (Fsp3) is 0.517. The number of benzene rings is 2. The van der Waals surface area contributed by atoms with Crippen LogP contribution in [0.5, 0.6) is 0 Å². The molecule has 2 N–H and O–H groups in total. The van der Waals surface area contributed by atoms with Gasteiger partial charge in [-0.05, 0) is 82.3 Å². The van der Waals surface area contributed by atoms with Gasteiger partial charge in [0.2, 0.25) is 5.91 Å². The minimum Gasteiger partial charge on any atom is -0.444 e. The van der Waals surface area contributed by atoms with Gasteiger partial charge in [0.25, 0.3) is 0 Å². The number of aliphatic hydroxyl groups is 1. The number of anilines is 1. The van der Waals surface area contributed by atoms with Crippen LogP contribution >= 0.6 is 0 Å². The van der Waals surface area contributed by atoms with Crippen LogP contribution < -0.4 is 5.32 Å². The van der Waals surface area contributed by atoms with Crippen LogP contribution in [-0.2, 0) is 19.7 Å². The number of halogens is 1. The molecule has 8 heteroatoms. The number of rotatable bonds is 5. The zero-order chi connectivity index (χ0) is 27.0. The topological polar surface area (TPSA) is 88.1 Å². The molecular formula is C29H37FN2O5. The van der Waals surface area contributed by atoms with Gasteiger partial charge in [0.15, 0.2) is 0 Å². The van der Waals surface area contributed by atoms with Crippen molar-refractivity contribution in [2.75, 3.05) is 31.6 Å². The van der Waals surface area contributed by atoms with Crippen molar-refractivity contribution in [3.63, 3.8) is 0 Å². The summed E-state index contributed by atoms with van der Waals surface area (Å²) in [5.74, 6) is -0.716. The van der Waals surface area contributed by atoms with Gasteiger partial charge in [-0.1, -0.05) is 24.3 Å². The number of hydrogen-bond acceptors (Lipinski definition) is 5. The van der Waals surface area contributed by atoms with E-state index in [0.717, 1.165) is 11.1 Å². The molecule has 2 saturated heterocycles. The molecule has 0 aromatic heterocycles. The van der Waals surface area contributed by atoms with Gasteiger partial charge in [-0.25, -0.2) is 9.18 Å². The second-order valence-corrected chi connectivity index (χ2v) is 11.7. The van der Waals surface area contributed by atoms with Crippen molar-refractivity contribution in [3.05, 3.63) is 65.5 Å². The Balaban J connectivity index is 1.51. The van der Waals surface area contributed by atoms with Gasteiger partial charge in [0.05, 0.1) is 18.8 Å². The number of piperidine rings is 1. The van der Waals surface area contributed by atoms with Crippen molar-refractivity contribution in [1.29, 1.82) is 0 Å². The molecule has 2 unspecified atom stereocenters. The molecule has 2 aliphatic rings. The molecule has 2 aromatic carbocycles. The molecule has 0 spiro atoms. The van der Waals surface area contributed by atoms with E-state index in [2.05, 4.69) is 5.32 Å². The number of carbonyl (C=O) groups excluding carboxylic acids is 2. The molecule has 2 aromatic rings. The first-order chi connectivity index (χ1) is 17.3. The van der Waals surface area contributed by atoms with Gasteiger partial charge >= 0.3 is 6.09 Å². The van der Waals surface area contributed by atoms with E-state index in [1.807, 2.05) is 45.0 Å². The Kier molecular flexibility index (Phi) is 7.36. The lowest BCUT2D eigenvalue weighted by Crippen LogP contribution is -2.55. The van der Waals surface area contributed by atoms with Crippen LogP contribution in [0.2, 0.25) is 0 Å². The van der Waals surface area contributed by atoms with Crippen LogP contribution in [0.25, 0.3) is 0 Å². The average Bonchev–Trinajstić information content (AvgIpc) is 2.78. The number of hydrogen-bond donors (Lipinski definition) is 2. The lowest BCUT2D eigenvalue weighted by Gasteiger charge is -2.44. The van der Waals surface area contributed by atoms with Gasteiger partial charge in [-0.15, -0.1) is 0 Å². The molecule has 2 fully saturated rings. The molecule has 2 aliphatic heterocycles. The van der Waals surface area contributed by atoms with Crippen molar-refractivity contribution in [1.82, 2.24) is 4.90 Å². The number of nitrogens with zero attached hydrogens (tertiary/aromatic N) is 1. The van der Waals surface area contributed by atoms with Crippen LogP contribution in [-0.4, -0.2) is 59.5 Å². The number of carbonyl (C=O) groups is 2. The van der Waals surface area contributed by atoms with Crippen molar-refractivity contribution >= 4 is 17.7 Å². The lowest BCUT2D eigenvalue weighted by atomic mass is 9.71. The van der Waals surface area contributed by atoms with E-state index in [0.29, 0.717) is 25.2 Å². The SMILES string of the molecule is CC(C)(C)OC(=O)N1CCC(c2ccc(C3(C(=O)Nc4ccc(F)cc4)COC3)cc2)C(C(C)(C)O)C1. The number of ether oxygens (including phenoxy) is 2. The summed E-state index contributed by atoms with van der Waals surface area (Å²) >= 11 is 0. The Morgan fingerprint density at radius 3 is 2.19 bits per heavy atom. The van der Waals surface area contributed by atoms with E-state index >= 15 is 0 Å². The fourth-order valence-electron chi connectivity index (χ4n) is 5.13. The van der Waals surface area contributed by atoms with Crippen LogP contribution in [0.3, 0.4) is 0 Å². The number of nitrogens with one attached hydrogen (secondary N) is 1. The second-order valence-electron chi connectivity index (χ2n) is 11.7. The summed E-state index contributed by atoms with van der Waals surface area (Å²) in [6, 6.07) is 13.6. The van der Waals surface area contributed by atoms with Crippen LogP contribution in [0.1, 0.15) is 58.1 Å². The highest BCUT2D eigenvalue weighted by molar-refractivity contribution is 6.00. The first kappa shape index (κ1) is 27.1.